The molecule has 67 heavy (non-hydrogen) atoms. The minimum absolute atomic E-state index is 0.666. The van der Waals surface area contributed by atoms with Crippen LogP contribution in [0.3, 0.4) is 0 Å². The third-order valence-corrected chi connectivity index (χ3v) is 18.8. The number of benzene rings is 2. The highest BCUT2D eigenvalue weighted by atomic mass is 32.1. The van der Waals surface area contributed by atoms with Gasteiger partial charge in [0.15, 0.2) is 0 Å². The molecular weight excluding hydrogens is 945 g/mol. The van der Waals surface area contributed by atoms with Gasteiger partial charge in [-0.15, -0.1) is 68.0 Å². The number of ether oxygens (including phenoxy) is 5. The maximum atomic E-state index is 6.30. The van der Waals surface area contributed by atoms with E-state index in [1.165, 1.54) is 108 Å². The molecule has 6 heterocycles. The zero-order valence-corrected chi connectivity index (χ0v) is 43.7. The molecule has 0 saturated carbocycles. The summed E-state index contributed by atoms with van der Waals surface area (Å²) in [6.07, 6.45) is 11.8. The van der Waals surface area contributed by atoms with Gasteiger partial charge in [0.2, 0.25) is 0 Å². The number of hydrogen-bond donors (Lipinski definition) is 0. The number of unbranched alkanes of at least 4 members (excludes halogenated alkanes) is 6. The second-order valence-corrected chi connectivity index (χ2v) is 23.1. The number of thiophene rings is 6. The van der Waals surface area contributed by atoms with E-state index in [0.29, 0.717) is 26.4 Å². The third kappa shape index (κ3) is 15.1. The molecule has 0 N–H and O–H groups in total. The minimum Gasteiger partial charge on any atom is -0.457 e. The van der Waals surface area contributed by atoms with Gasteiger partial charge < -0.3 is 23.7 Å². The smallest absolute Gasteiger partial charge is 0.127 e. The van der Waals surface area contributed by atoms with Crippen LogP contribution in [0.4, 0.5) is 0 Å². The lowest BCUT2D eigenvalue weighted by molar-refractivity contribution is 0.0476. The molecule has 0 unspecified atom stereocenters. The fourth-order valence-corrected chi connectivity index (χ4v) is 13.9. The molecule has 6 aromatic heterocycles. The van der Waals surface area contributed by atoms with Crippen molar-refractivity contribution in [2.24, 2.45) is 0 Å². The van der Waals surface area contributed by atoms with Crippen molar-refractivity contribution >= 4 is 68.0 Å². The van der Waals surface area contributed by atoms with E-state index in [2.05, 4.69) is 135 Å². The van der Waals surface area contributed by atoms with Gasteiger partial charge in [-0.05, 0) is 145 Å². The van der Waals surface area contributed by atoms with Gasteiger partial charge in [0.1, 0.15) is 11.5 Å². The molecule has 0 amide bonds. The quantitative estimate of drug-likeness (QED) is 0.0420. The molecule has 0 spiro atoms. The van der Waals surface area contributed by atoms with Crippen LogP contribution in [-0.4, -0.2) is 52.9 Å². The predicted octanol–water partition coefficient (Wildman–Crippen LogP) is 18.2. The zero-order chi connectivity index (χ0) is 45.9. The SMILES string of the molecule is CCCCCCOCCOCCc1ccc(-c2ccc(-c3ccc(-c4ccc(Oc5ccc(-c6ccc(-c7ccc(-c8ccc(CCOCCOCCCCCC)s8)s7)s6)cc5)cc4)s3)s2)s1. The summed E-state index contributed by atoms with van der Waals surface area (Å²) in [4.78, 5) is 15.7. The van der Waals surface area contributed by atoms with Crippen molar-refractivity contribution in [3.05, 3.63) is 131 Å². The van der Waals surface area contributed by atoms with Crippen molar-refractivity contribution in [1.82, 2.24) is 0 Å². The molecular formula is C56H62O5S6. The van der Waals surface area contributed by atoms with Gasteiger partial charge in [-0.3, -0.25) is 0 Å². The Bertz CT molecular complexity index is 2440. The number of rotatable bonds is 30. The highest BCUT2D eigenvalue weighted by Crippen LogP contribution is 2.44. The summed E-state index contributed by atoms with van der Waals surface area (Å²) in [6, 6.07) is 43.9. The van der Waals surface area contributed by atoms with Gasteiger partial charge in [-0.25, -0.2) is 0 Å². The van der Waals surface area contributed by atoms with E-state index >= 15 is 0 Å². The van der Waals surface area contributed by atoms with Crippen LogP contribution in [0, 0.1) is 0 Å². The Morgan fingerprint density at radius 2 is 0.597 bits per heavy atom. The van der Waals surface area contributed by atoms with E-state index in [0.717, 1.165) is 63.6 Å². The molecule has 352 valence electrons. The van der Waals surface area contributed by atoms with Crippen LogP contribution in [0.1, 0.15) is 75.0 Å². The third-order valence-electron chi connectivity index (χ3n) is 11.2. The van der Waals surface area contributed by atoms with E-state index in [1.807, 2.05) is 68.0 Å². The molecule has 0 bridgehead atoms. The average molecular weight is 1010 g/mol. The maximum absolute atomic E-state index is 6.30. The van der Waals surface area contributed by atoms with Crippen molar-refractivity contribution in [2.45, 2.75) is 78.1 Å². The van der Waals surface area contributed by atoms with Crippen LogP contribution in [0.5, 0.6) is 11.5 Å². The largest absolute Gasteiger partial charge is 0.457 e. The van der Waals surface area contributed by atoms with Crippen molar-refractivity contribution in [2.75, 3.05) is 52.9 Å². The molecule has 2 aromatic carbocycles. The van der Waals surface area contributed by atoms with Gasteiger partial charge in [-0.2, -0.15) is 0 Å². The van der Waals surface area contributed by atoms with Gasteiger partial charge in [-0.1, -0.05) is 52.4 Å². The molecule has 0 aliphatic carbocycles. The first-order valence-corrected chi connectivity index (χ1v) is 28.8. The minimum atomic E-state index is 0.666. The van der Waals surface area contributed by atoms with Crippen molar-refractivity contribution in [3.63, 3.8) is 0 Å². The topological polar surface area (TPSA) is 46.2 Å². The molecule has 8 aromatic rings. The van der Waals surface area contributed by atoms with E-state index in [-0.39, 0.29) is 0 Å². The molecule has 0 saturated heterocycles. The Morgan fingerprint density at radius 1 is 0.284 bits per heavy atom. The predicted molar refractivity (Wildman–Crippen MR) is 292 cm³/mol. The van der Waals surface area contributed by atoms with Crippen LogP contribution in [0.25, 0.3) is 59.9 Å². The summed E-state index contributed by atoms with van der Waals surface area (Å²) in [7, 11) is 0. The van der Waals surface area contributed by atoms with Gasteiger partial charge in [0.25, 0.3) is 0 Å². The molecule has 11 heteroatoms. The Balaban J connectivity index is 0.763. The molecule has 0 aliphatic heterocycles. The van der Waals surface area contributed by atoms with E-state index < -0.39 is 0 Å². The summed E-state index contributed by atoms with van der Waals surface area (Å²) >= 11 is 11.1. The Morgan fingerprint density at radius 3 is 0.970 bits per heavy atom. The molecule has 0 fully saturated rings. The van der Waals surface area contributed by atoms with Crippen LogP contribution in [0.2, 0.25) is 0 Å². The van der Waals surface area contributed by atoms with Crippen LogP contribution < -0.4 is 4.74 Å². The molecule has 8 rings (SSSR count). The zero-order valence-electron chi connectivity index (χ0n) is 38.8. The standard InChI is InChI=1S/C56H62O5S6/c1-3-5-7-9-33-57-37-39-59-35-31-45-19-21-49(62-45)51-27-29-55(66-51)53-25-23-47(64-53)41-11-15-43(16-12-41)61-44-17-13-42(14-18-44)48-24-26-54(65-48)56-30-28-52(67-56)50-22-20-46(63-50)32-36-60-40-38-58-34-10-8-6-4-2/h11-30H,3-10,31-40H2,1-2H3. The first-order valence-electron chi connectivity index (χ1n) is 23.9. The van der Waals surface area contributed by atoms with Gasteiger partial charge >= 0.3 is 0 Å². The van der Waals surface area contributed by atoms with Crippen LogP contribution >= 0.6 is 68.0 Å². The Kier molecular flexibility index (Phi) is 19.9. The molecule has 5 nitrogen and oxygen atoms in total. The summed E-state index contributed by atoms with van der Waals surface area (Å²) < 4.78 is 29.4. The highest BCUT2D eigenvalue weighted by Gasteiger charge is 2.14. The highest BCUT2D eigenvalue weighted by molar-refractivity contribution is 7.28. The summed E-state index contributed by atoms with van der Waals surface area (Å²) in [5.41, 5.74) is 2.38. The lowest BCUT2D eigenvalue weighted by atomic mass is 10.1. The molecule has 0 aliphatic rings. The first-order chi connectivity index (χ1) is 33.1. The van der Waals surface area contributed by atoms with Gasteiger partial charge in [0, 0.05) is 84.6 Å². The lowest BCUT2D eigenvalue weighted by Gasteiger charge is -2.07. The Labute approximate surface area is 422 Å². The summed E-state index contributed by atoms with van der Waals surface area (Å²) in [5, 5.41) is 0. The fraction of sp³-hybridized carbons (Fsp3) is 0.357. The second-order valence-electron chi connectivity index (χ2n) is 16.4. The van der Waals surface area contributed by atoms with Crippen LogP contribution in [-0.2, 0) is 31.8 Å². The molecule has 0 radical (unpaired) electrons. The second kappa shape index (κ2) is 26.9. The monoisotopic (exact) mass is 1010 g/mol. The fourth-order valence-electron chi connectivity index (χ4n) is 7.51. The maximum Gasteiger partial charge on any atom is 0.127 e. The normalized spacial score (nSPS) is 11.6. The van der Waals surface area contributed by atoms with Crippen molar-refractivity contribution in [3.8, 4) is 71.4 Å². The molecule has 0 atom stereocenters. The first kappa shape index (κ1) is 49.7. The lowest BCUT2D eigenvalue weighted by Crippen LogP contribution is -2.07. The average Bonchev–Trinajstić information content (AvgIpc) is 4.22. The summed E-state index contributed by atoms with van der Waals surface area (Å²) in [6.45, 7) is 10.3. The Hall–Kier alpha value is -3.72. The van der Waals surface area contributed by atoms with Crippen LogP contribution in [0.15, 0.2) is 121 Å². The summed E-state index contributed by atoms with van der Waals surface area (Å²) in [5.74, 6) is 1.65. The van der Waals surface area contributed by atoms with Crippen molar-refractivity contribution in [1.29, 1.82) is 0 Å². The van der Waals surface area contributed by atoms with E-state index in [4.69, 9.17) is 23.7 Å². The van der Waals surface area contributed by atoms with E-state index in [1.54, 1.807) is 0 Å². The van der Waals surface area contributed by atoms with Gasteiger partial charge in [0.05, 0.1) is 39.6 Å². The number of hydrogen-bond acceptors (Lipinski definition) is 11. The van der Waals surface area contributed by atoms with E-state index in [9.17, 15) is 0 Å². The van der Waals surface area contributed by atoms with Crippen molar-refractivity contribution < 1.29 is 23.7 Å².